The molecule has 2 rings (SSSR count). The Bertz CT molecular complexity index is 759. The number of halogens is 2. The van der Waals surface area contributed by atoms with E-state index in [0.29, 0.717) is 16.7 Å². The molecule has 24 heavy (non-hydrogen) atoms. The SMILES string of the molecule is C[C@H](Sc1nnc(C(C)(C)C)n1N)C(=O)Nc1ccc(F)cc1Cl. The van der Waals surface area contributed by atoms with E-state index in [-0.39, 0.29) is 16.3 Å². The molecule has 0 saturated carbocycles. The van der Waals surface area contributed by atoms with Gasteiger partial charge in [0, 0.05) is 5.41 Å². The topological polar surface area (TPSA) is 85.8 Å². The molecule has 0 radical (unpaired) electrons. The zero-order valence-electron chi connectivity index (χ0n) is 13.8. The van der Waals surface area contributed by atoms with Crippen molar-refractivity contribution in [3.05, 3.63) is 34.9 Å². The number of nitrogens with two attached hydrogens (primary N) is 1. The minimum atomic E-state index is -0.495. The zero-order valence-corrected chi connectivity index (χ0v) is 15.4. The van der Waals surface area contributed by atoms with Gasteiger partial charge in [0.25, 0.3) is 0 Å². The number of hydrogen-bond acceptors (Lipinski definition) is 5. The van der Waals surface area contributed by atoms with Crippen molar-refractivity contribution in [1.29, 1.82) is 0 Å². The van der Waals surface area contributed by atoms with Crippen LogP contribution in [0.2, 0.25) is 5.02 Å². The van der Waals surface area contributed by atoms with Crippen LogP contribution in [0.5, 0.6) is 0 Å². The lowest BCUT2D eigenvalue weighted by molar-refractivity contribution is -0.115. The number of aromatic nitrogens is 3. The highest BCUT2D eigenvalue weighted by Crippen LogP contribution is 2.27. The van der Waals surface area contributed by atoms with Gasteiger partial charge in [0.2, 0.25) is 11.1 Å². The number of nitrogens with zero attached hydrogens (tertiary/aromatic N) is 3. The van der Waals surface area contributed by atoms with Crippen molar-refractivity contribution in [2.24, 2.45) is 0 Å². The zero-order chi connectivity index (χ0) is 18.1. The summed E-state index contributed by atoms with van der Waals surface area (Å²) in [6.45, 7) is 7.63. The first-order valence-electron chi connectivity index (χ1n) is 7.23. The lowest BCUT2D eigenvalue weighted by Gasteiger charge is -2.17. The number of rotatable bonds is 4. The van der Waals surface area contributed by atoms with E-state index in [2.05, 4.69) is 15.5 Å². The molecule has 0 bridgehead atoms. The molecule has 1 atom stereocenters. The van der Waals surface area contributed by atoms with Gasteiger partial charge in [-0.1, -0.05) is 44.1 Å². The number of carbonyl (C=O) groups excluding carboxylic acids is 1. The largest absolute Gasteiger partial charge is 0.336 e. The van der Waals surface area contributed by atoms with Gasteiger partial charge in [-0.05, 0) is 25.1 Å². The highest BCUT2D eigenvalue weighted by molar-refractivity contribution is 8.00. The average Bonchev–Trinajstić information content (AvgIpc) is 2.83. The number of nitrogen functional groups attached to an aromatic ring is 1. The van der Waals surface area contributed by atoms with Crippen LogP contribution in [0.1, 0.15) is 33.5 Å². The molecule has 3 N–H and O–H groups in total. The van der Waals surface area contributed by atoms with Crippen LogP contribution in [0.25, 0.3) is 0 Å². The molecule has 0 unspecified atom stereocenters. The van der Waals surface area contributed by atoms with E-state index in [1.165, 1.54) is 28.6 Å². The van der Waals surface area contributed by atoms with E-state index < -0.39 is 11.1 Å². The van der Waals surface area contributed by atoms with E-state index in [1.807, 2.05) is 20.8 Å². The van der Waals surface area contributed by atoms with Gasteiger partial charge in [-0.25, -0.2) is 9.07 Å². The Hall–Kier alpha value is -1.80. The van der Waals surface area contributed by atoms with Crippen LogP contribution in [0.4, 0.5) is 10.1 Å². The molecule has 0 spiro atoms. The summed E-state index contributed by atoms with van der Waals surface area (Å²) in [6.07, 6.45) is 0. The second-order valence-corrected chi connectivity index (χ2v) is 8.01. The smallest absolute Gasteiger partial charge is 0.237 e. The van der Waals surface area contributed by atoms with Gasteiger partial charge in [0.15, 0.2) is 5.82 Å². The van der Waals surface area contributed by atoms with Gasteiger partial charge in [0.1, 0.15) is 5.82 Å². The molecule has 0 aliphatic carbocycles. The quantitative estimate of drug-likeness (QED) is 0.636. The fraction of sp³-hybridized carbons (Fsp3) is 0.400. The van der Waals surface area contributed by atoms with Gasteiger partial charge in [-0.15, -0.1) is 10.2 Å². The lowest BCUT2D eigenvalue weighted by Crippen LogP contribution is -2.26. The van der Waals surface area contributed by atoms with Crippen LogP contribution >= 0.6 is 23.4 Å². The Morgan fingerprint density at radius 1 is 1.42 bits per heavy atom. The average molecular weight is 372 g/mol. The van der Waals surface area contributed by atoms with E-state index >= 15 is 0 Å². The number of benzene rings is 1. The molecular formula is C15H19ClFN5OS. The molecule has 0 aliphatic heterocycles. The van der Waals surface area contributed by atoms with Crippen molar-refractivity contribution in [2.75, 3.05) is 11.2 Å². The third kappa shape index (κ3) is 4.18. The third-order valence-corrected chi connectivity index (χ3v) is 4.55. The van der Waals surface area contributed by atoms with Crippen molar-refractivity contribution >= 4 is 35.0 Å². The minimum absolute atomic E-state index is 0.137. The molecule has 0 fully saturated rings. The second-order valence-electron chi connectivity index (χ2n) is 6.30. The Kier molecular flexibility index (Phi) is 5.39. The molecule has 1 heterocycles. The van der Waals surface area contributed by atoms with Crippen LogP contribution < -0.4 is 11.2 Å². The summed E-state index contributed by atoms with van der Waals surface area (Å²) in [4.78, 5) is 12.3. The summed E-state index contributed by atoms with van der Waals surface area (Å²) in [5.41, 5.74) is 0.0911. The van der Waals surface area contributed by atoms with Gasteiger partial charge < -0.3 is 11.2 Å². The van der Waals surface area contributed by atoms with Crippen molar-refractivity contribution in [3.63, 3.8) is 0 Å². The van der Waals surface area contributed by atoms with Gasteiger partial charge in [-0.2, -0.15) is 0 Å². The molecule has 130 valence electrons. The predicted molar refractivity (Wildman–Crippen MR) is 94.2 cm³/mol. The molecule has 6 nitrogen and oxygen atoms in total. The van der Waals surface area contributed by atoms with Gasteiger partial charge in [0.05, 0.1) is 16.0 Å². The summed E-state index contributed by atoms with van der Waals surface area (Å²) < 4.78 is 14.4. The number of carbonyl (C=O) groups is 1. The van der Waals surface area contributed by atoms with Crippen LogP contribution in [0, 0.1) is 5.82 Å². The van der Waals surface area contributed by atoms with Crippen LogP contribution in [0.15, 0.2) is 23.4 Å². The normalized spacial score (nSPS) is 12.9. The maximum Gasteiger partial charge on any atom is 0.237 e. The summed E-state index contributed by atoms with van der Waals surface area (Å²) in [7, 11) is 0. The molecule has 2 aromatic rings. The molecular weight excluding hydrogens is 353 g/mol. The van der Waals surface area contributed by atoms with Crippen molar-refractivity contribution < 1.29 is 9.18 Å². The Morgan fingerprint density at radius 2 is 2.08 bits per heavy atom. The number of hydrogen-bond donors (Lipinski definition) is 2. The van der Waals surface area contributed by atoms with Gasteiger partial charge >= 0.3 is 0 Å². The molecule has 0 aliphatic rings. The fourth-order valence-corrected chi connectivity index (χ4v) is 2.89. The first-order valence-corrected chi connectivity index (χ1v) is 8.49. The first kappa shape index (κ1) is 18.5. The van der Waals surface area contributed by atoms with Crippen molar-refractivity contribution in [2.45, 2.75) is 43.5 Å². The van der Waals surface area contributed by atoms with E-state index in [0.717, 1.165) is 6.07 Å². The van der Waals surface area contributed by atoms with E-state index in [4.69, 9.17) is 17.4 Å². The molecule has 0 saturated heterocycles. The summed E-state index contributed by atoms with van der Waals surface area (Å²) in [5.74, 6) is 5.87. The number of nitrogens with one attached hydrogen (secondary N) is 1. The maximum absolute atomic E-state index is 13.0. The second kappa shape index (κ2) is 6.98. The molecule has 9 heteroatoms. The highest BCUT2D eigenvalue weighted by atomic mass is 35.5. The number of thioether (sulfide) groups is 1. The van der Waals surface area contributed by atoms with Crippen LogP contribution in [-0.2, 0) is 10.2 Å². The molecule has 1 amide bonds. The lowest BCUT2D eigenvalue weighted by atomic mass is 9.96. The monoisotopic (exact) mass is 371 g/mol. The van der Waals surface area contributed by atoms with Gasteiger partial charge in [-0.3, -0.25) is 4.79 Å². The number of anilines is 1. The van der Waals surface area contributed by atoms with Crippen LogP contribution in [0.3, 0.4) is 0 Å². The predicted octanol–water partition coefficient (Wildman–Crippen LogP) is 3.20. The van der Waals surface area contributed by atoms with Crippen molar-refractivity contribution in [3.8, 4) is 0 Å². The minimum Gasteiger partial charge on any atom is -0.336 e. The first-order chi connectivity index (χ1) is 11.1. The molecule has 1 aromatic heterocycles. The Morgan fingerprint density at radius 3 is 2.62 bits per heavy atom. The maximum atomic E-state index is 13.0. The summed E-state index contributed by atoms with van der Waals surface area (Å²) >= 11 is 7.09. The van der Waals surface area contributed by atoms with Crippen LogP contribution in [-0.4, -0.2) is 26.0 Å². The standard InChI is InChI=1S/C15H19ClFN5OS/c1-8(12(23)19-11-6-5-9(17)7-10(11)16)24-14-21-20-13(22(14)18)15(2,3)4/h5-8H,18H2,1-4H3,(H,19,23)/t8-/m0/s1. The Balaban J connectivity index is 2.08. The highest BCUT2D eigenvalue weighted by Gasteiger charge is 2.25. The van der Waals surface area contributed by atoms with E-state index in [9.17, 15) is 9.18 Å². The molecule has 1 aromatic carbocycles. The third-order valence-electron chi connectivity index (χ3n) is 3.18. The summed E-state index contributed by atoms with van der Waals surface area (Å²) in [5, 5.41) is 10.9. The van der Waals surface area contributed by atoms with Crippen molar-refractivity contribution in [1.82, 2.24) is 14.9 Å². The Labute approximate surface area is 148 Å². The fourth-order valence-electron chi connectivity index (χ4n) is 1.91. The van der Waals surface area contributed by atoms with E-state index in [1.54, 1.807) is 6.92 Å². The summed E-state index contributed by atoms with van der Waals surface area (Å²) in [6, 6.07) is 3.78. The number of amides is 1.